The molecule has 1 heterocycles. The van der Waals surface area contributed by atoms with E-state index in [1.165, 1.54) is 11.9 Å². The van der Waals surface area contributed by atoms with E-state index >= 15 is 0 Å². The van der Waals surface area contributed by atoms with Gasteiger partial charge in [0.05, 0.1) is 28.9 Å². The lowest BCUT2D eigenvalue weighted by molar-refractivity contribution is 0.413. The van der Waals surface area contributed by atoms with Gasteiger partial charge in [-0.15, -0.1) is 0 Å². The summed E-state index contributed by atoms with van der Waals surface area (Å²) in [4.78, 5) is 2.31. The largest absolute Gasteiger partial charge is 0.497 e. The van der Waals surface area contributed by atoms with Gasteiger partial charge in [0.25, 0.3) is 0 Å². The summed E-state index contributed by atoms with van der Waals surface area (Å²) in [6, 6.07) is 12.7. The van der Waals surface area contributed by atoms with E-state index < -0.39 is 9.73 Å². The van der Waals surface area contributed by atoms with E-state index in [1.807, 2.05) is 18.2 Å². The van der Waals surface area contributed by atoms with E-state index in [-0.39, 0.29) is 0 Å². The molecule has 0 amide bonds. The maximum absolute atomic E-state index is 13.1. The molecule has 4 nitrogen and oxygen atoms in total. The molecular formula is C14H13NO3S2. The Morgan fingerprint density at radius 1 is 1.00 bits per heavy atom. The molecule has 0 saturated heterocycles. The molecular weight excluding hydrogens is 294 g/mol. The minimum absolute atomic E-state index is 0.690. The summed E-state index contributed by atoms with van der Waals surface area (Å²) in [7, 11) is 0.649. The van der Waals surface area contributed by atoms with E-state index in [4.69, 9.17) is 9.47 Å². The first-order valence-electron chi connectivity index (χ1n) is 5.93. The van der Waals surface area contributed by atoms with Crippen LogP contribution < -0.4 is 9.47 Å². The minimum atomic E-state index is -2.56. The van der Waals surface area contributed by atoms with Crippen LogP contribution in [0.5, 0.6) is 11.5 Å². The molecule has 0 fully saturated rings. The summed E-state index contributed by atoms with van der Waals surface area (Å²) >= 11 is 1.25. The fraction of sp³-hybridized carbons (Fsp3) is 0.143. The number of rotatable bonds is 3. The van der Waals surface area contributed by atoms with Gasteiger partial charge >= 0.3 is 0 Å². The third kappa shape index (κ3) is 2.05. The van der Waals surface area contributed by atoms with Crippen LogP contribution in [-0.4, -0.2) is 18.4 Å². The average molecular weight is 307 g/mol. The number of hydrogen-bond donors (Lipinski definition) is 0. The molecule has 0 aliphatic carbocycles. The minimum Gasteiger partial charge on any atom is -0.497 e. The van der Waals surface area contributed by atoms with Crippen molar-refractivity contribution in [2.75, 3.05) is 14.2 Å². The zero-order valence-electron chi connectivity index (χ0n) is 11.0. The van der Waals surface area contributed by atoms with Crippen molar-refractivity contribution < 1.29 is 13.7 Å². The van der Waals surface area contributed by atoms with Crippen molar-refractivity contribution in [1.29, 1.82) is 0 Å². The van der Waals surface area contributed by atoms with Gasteiger partial charge in [-0.05, 0) is 42.5 Å². The smallest absolute Gasteiger partial charge is 0.120 e. The summed E-state index contributed by atoms with van der Waals surface area (Å²) in [6.45, 7) is 0. The second-order valence-electron chi connectivity index (χ2n) is 4.18. The van der Waals surface area contributed by atoms with Crippen LogP contribution in [0, 0.1) is 0 Å². The Kier molecular flexibility index (Phi) is 3.35. The number of hydrogen-bond acceptors (Lipinski definition) is 5. The molecule has 0 N–H and O–H groups in total. The van der Waals surface area contributed by atoms with E-state index in [0.29, 0.717) is 4.90 Å². The topological polar surface area (TPSA) is 47.9 Å². The number of benzene rings is 2. The van der Waals surface area contributed by atoms with Gasteiger partial charge in [-0.25, -0.2) is 4.21 Å². The van der Waals surface area contributed by atoms with Crippen molar-refractivity contribution in [2.45, 2.75) is 14.7 Å². The number of fused-ring (bicyclic) bond motifs is 1. The molecule has 1 aliphatic heterocycles. The van der Waals surface area contributed by atoms with Crippen LogP contribution in [0.15, 0.2) is 60.9 Å². The van der Waals surface area contributed by atoms with Crippen LogP contribution in [-0.2, 0) is 9.73 Å². The molecule has 6 heteroatoms. The predicted octanol–water partition coefficient (Wildman–Crippen LogP) is 3.61. The summed E-state index contributed by atoms with van der Waals surface area (Å²) in [5, 5.41) is 0. The van der Waals surface area contributed by atoms with Crippen LogP contribution in [0.1, 0.15) is 0 Å². The molecule has 0 spiro atoms. The van der Waals surface area contributed by atoms with E-state index in [0.717, 1.165) is 21.3 Å². The first-order valence-corrected chi connectivity index (χ1v) is 8.22. The number of nitrogens with zero attached hydrogens (tertiary/aromatic N) is 1. The van der Waals surface area contributed by atoms with Crippen LogP contribution in [0.4, 0.5) is 0 Å². The zero-order valence-corrected chi connectivity index (χ0v) is 12.7. The number of methoxy groups -OCH3 is 2. The van der Waals surface area contributed by atoms with E-state index in [9.17, 15) is 4.21 Å². The maximum Gasteiger partial charge on any atom is 0.120 e. The SMILES string of the molecule is COc1ccc(S2(=O)=NSc3cc(OC)ccc32)cc1. The Morgan fingerprint density at radius 2 is 1.65 bits per heavy atom. The molecule has 1 aliphatic rings. The fourth-order valence-electron chi connectivity index (χ4n) is 1.98. The molecule has 20 heavy (non-hydrogen) atoms. The van der Waals surface area contributed by atoms with Crippen molar-refractivity contribution in [3.63, 3.8) is 0 Å². The van der Waals surface area contributed by atoms with Gasteiger partial charge in [0.1, 0.15) is 21.2 Å². The van der Waals surface area contributed by atoms with Gasteiger partial charge in [0.15, 0.2) is 0 Å². The molecule has 0 aromatic heterocycles. The highest BCUT2D eigenvalue weighted by molar-refractivity contribution is 8.10. The lowest BCUT2D eigenvalue weighted by atomic mass is 10.3. The highest BCUT2D eigenvalue weighted by Gasteiger charge is 2.26. The van der Waals surface area contributed by atoms with Gasteiger partial charge in [0, 0.05) is 11.9 Å². The summed E-state index contributed by atoms with van der Waals surface area (Å²) < 4.78 is 27.7. The molecule has 104 valence electrons. The zero-order chi connectivity index (χ0) is 14.2. The van der Waals surface area contributed by atoms with Crippen molar-refractivity contribution in [3.05, 3.63) is 42.5 Å². The van der Waals surface area contributed by atoms with Gasteiger partial charge < -0.3 is 9.47 Å². The Labute approximate surface area is 122 Å². The first kappa shape index (κ1) is 13.3. The van der Waals surface area contributed by atoms with Crippen molar-refractivity contribution in [2.24, 2.45) is 3.77 Å². The monoisotopic (exact) mass is 307 g/mol. The van der Waals surface area contributed by atoms with Crippen molar-refractivity contribution >= 4 is 21.7 Å². The second-order valence-corrected chi connectivity index (χ2v) is 7.36. The molecule has 3 rings (SSSR count). The van der Waals surface area contributed by atoms with Crippen molar-refractivity contribution in [1.82, 2.24) is 0 Å². The van der Waals surface area contributed by atoms with Gasteiger partial charge in [0.2, 0.25) is 0 Å². The molecule has 1 atom stereocenters. The first-order chi connectivity index (χ1) is 9.67. The molecule has 0 bridgehead atoms. The summed E-state index contributed by atoms with van der Waals surface area (Å²) in [5.41, 5.74) is 0. The van der Waals surface area contributed by atoms with Crippen molar-refractivity contribution in [3.8, 4) is 11.5 Å². The van der Waals surface area contributed by atoms with E-state index in [1.54, 1.807) is 38.5 Å². The standard InChI is InChI=1S/C14H13NO3S2/c1-17-10-3-6-12(7-4-10)20(16)14-8-5-11(18-2)9-13(14)19-15-20/h3-9H,1-2H3. The average Bonchev–Trinajstić information content (AvgIpc) is 2.85. The Hall–Kier alpha value is -1.66. The molecule has 1 unspecified atom stereocenters. The van der Waals surface area contributed by atoms with Crippen LogP contribution in [0.2, 0.25) is 0 Å². The maximum atomic E-state index is 13.1. The van der Waals surface area contributed by atoms with Crippen LogP contribution in [0.25, 0.3) is 0 Å². The summed E-state index contributed by atoms with van der Waals surface area (Å²) in [6.07, 6.45) is 0. The van der Waals surface area contributed by atoms with Crippen LogP contribution >= 0.6 is 11.9 Å². The summed E-state index contributed by atoms with van der Waals surface area (Å²) in [5.74, 6) is 1.47. The molecule has 2 aromatic carbocycles. The number of ether oxygens (including phenoxy) is 2. The fourth-order valence-corrected chi connectivity index (χ4v) is 5.51. The Morgan fingerprint density at radius 3 is 2.30 bits per heavy atom. The van der Waals surface area contributed by atoms with Crippen LogP contribution in [0.3, 0.4) is 0 Å². The quantitative estimate of drug-likeness (QED) is 0.813. The lowest BCUT2D eigenvalue weighted by Crippen LogP contribution is -1.99. The van der Waals surface area contributed by atoms with Gasteiger partial charge in [-0.2, -0.15) is 3.77 Å². The normalized spacial score (nSPS) is 20.1. The Balaban J connectivity index is 2.09. The molecule has 0 radical (unpaired) electrons. The third-order valence-corrected chi connectivity index (χ3v) is 6.73. The highest BCUT2D eigenvalue weighted by Crippen LogP contribution is 2.43. The Bertz CT molecular complexity index is 762. The van der Waals surface area contributed by atoms with Gasteiger partial charge in [-0.3, -0.25) is 0 Å². The van der Waals surface area contributed by atoms with Gasteiger partial charge in [-0.1, -0.05) is 0 Å². The molecule has 0 saturated carbocycles. The lowest BCUT2D eigenvalue weighted by Gasteiger charge is -2.08. The molecule has 2 aromatic rings. The second kappa shape index (κ2) is 5.03. The van der Waals surface area contributed by atoms with E-state index in [2.05, 4.69) is 3.77 Å². The predicted molar refractivity (Wildman–Crippen MR) is 78.9 cm³/mol. The third-order valence-electron chi connectivity index (χ3n) is 3.07. The highest BCUT2D eigenvalue weighted by atomic mass is 32.2.